The highest BCUT2D eigenvalue weighted by Gasteiger charge is 2.27. The number of hydrazine groups is 1. The predicted octanol–water partition coefficient (Wildman–Crippen LogP) is 5.00. The molecule has 6 nitrogen and oxygen atoms in total. The minimum Gasteiger partial charge on any atom is -0.454 e. The van der Waals surface area contributed by atoms with Crippen molar-refractivity contribution in [2.45, 2.75) is 19.0 Å². The molecule has 0 bridgehead atoms. The molecular weight excluding hydrogens is 439 g/mol. The summed E-state index contributed by atoms with van der Waals surface area (Å²) in [6.07, 6.45) is 0.695. The van der Waals surface area contributed by atoms with Crippen LogP contribution in [-0.2, 0) is 6.42 Å². The van der Waals surface area contributed by atoms with Crippen molar-refractivity contribution in [2.75, 3.05) is 7.05 Å². The Morgan fingerprint density at radius 2 is 2.19 bits per heavy atom. The number of halogens is 3. The fourth-order valence-electron chi connectivity index (χ4n) is 2.68. The summed E-state index contributed by atoms with van der Waals surface area (Å²) in [5, 5.41) is 0.332. The molecule has 140 valence electrons. The third kappa shape index (κ3) is 4.33. The van der Waals surface area contributed by atoms with Crippen LogP contribution in [0.3, 0.4) is 0 Å². The summed E-state index contributed by atoms with van der Waals surface area (Å²) in [6, 6.07) is 7.65. The van der Waals surface area contributed by atoms with E-state index in [1.807, 2.05) is 0 Å². The summed E-state index contributed by atoms with van der Waals surface area (Å²) < 4.78 is 21.1. The molecule has 0 aromatic heterocycles. The van der Waals surface area contributed by atoms with E-state index in [1.165, 1.54) is 23.1 Å². The van der Waals surface area contributed by atoms with Gasteiger partial charge in [0.15, 0.2) is 17.3 Å². The van der Waals surface area contributed by atoms with Crippen LogP contribution in [-0.4, -0.2) is 24.1 Å². The van der Waals surface area contributed by atoms with Crippen LogP contribution in [0.15, 0.2) is 34.8 Å². The molecule has 2 aromatic rings. The number of hydrogen-bond acceptors (Lipinski definition) is 3. The van der Waals surface area contributed by atoms with E-state index in [1.54, 1.807) is 19.2 Å². The van der Waals surface area contributed by atoms with Gasteiger partial charge in [-0.3, -0.25) is 5.43 Å². The second kappa shape index (κ2) is 8.13. The molecule has 2 N–H and O–H groups in total. The number of benzene rings is 2. The van der Waals surface area contributed by atoms with Crippen LogP contribution < -0.4 is 15.6 Å². The number of nitrogens with zero attached hydrogens (tertiary/aromatic N) is 2. The maximum absolute atomic E-state index is 15.0. The van der Waals surface area contributed by atoms with Gasteiger partial charge in [-0.05, 0) is 58.6 Å². The molecule has 1 unspecified atom stereocenters. The van der Waals surface area contributed by atoms with Gasteiger partial charge in [0.1, 0.15) is 11.9 Å². The van der Waals surface area contributed by atoms with E-state index in [9.17, 15) is 9.18 Å². The average molecular weight is 454 g/mol. The Bertz CT molecular complexity index is 934. The average Bonchev–Trinajstić information content (AvgIpc) is 2.96. The fraction of sp³-hybridized carbons (Fsp3) is 0.222. The largest absolute Gasteiger partial charge is 0.454 e. The van der Waals surface area contributed by atoms with E-state index >= 15 is 0 Å². The van der Waals surface area contributed by atoms with Gasteiger partial charge in [-0.15, -0.1) is 0 Å². The molecule has 1 atom stereocenters. The number of urea groups is 1. The van der Waals surface area contributed by atoms with Gasteiger partial charge >= 0.3 is 6.03 Å². The fourth-order valence-corrected chi connectivity index (χ4v) is 3.29. The number of rotatable bonds is 5. The van der Waals surface area contributed by atoms with Gasteiger partial charge in [0.25, 0.3) is 0 Å². The number of amides is 2. The molecule has 1 aliphatic heterocycles. The first-order valence-corrected chi connectivity index (χ1v) is 9.17. The number of ether oxygens (including phenoxy) is 1. The van der Waals surface area contributed by atoms with Crippen LogP contribution in [0.4, 0.5) is 14.9 Å². The van der Waals surface area contributed by atoms with Crippen molar-refractivity contribution in [1.29, 1.82) is 0 Å². The quantitative estimate of drug-likeness (QED) is 0.626. The standard InChI is InChI=1S/C18H15BrClFN4O2/c1-22-12-7-11(20)8-13(9-12)27-17-14(19)5-3-10(16(17)21)4-6-15-23-24-18(26)25(15)2/h3,5,7-9,15,23H,4,6H2,2H3,(H,24,26). The minimum absolute atomic E-state index is 0.0210. The Kier molecular flexibility index (Phi) is 5.85. The molecular formula is C18H15BrClFN4O2. The topological polar surface area (TPSA) is 58.0 Å². The Balaban J connectivity index is 1.80. The lowest BCUT2D eigenvalue weighted by atomic mass is 10.1. The second-order valence-electron chi connectivity index (χ2n) is 5.95. The third-order valence-electron chi connectivity index (χ3n) is 4.15. The number of hydrogen-bond donors (Lipinski definition) is 2. The number of nitrogens with one attached hydrogen (secondary N) is 2. The lowest BCUT2D eigenvalue weighted by Crippen LogP contribution is -2.35. The second-order valence-corrected chi connectivity index (χ2v) is 7.24. The highest BCUT2D eigenvalue weighted by atomic mass is 79.9. The molecule has 3 rings (SSSR count). The molecule has 1 saturated heterocycles. The molecule has 0 spiro atoms. The van der Waals surface area contributed by atoms with Crippen molar-refractivity contribution >= 4 is 39.2 Å². The third-order valence-corrected chi connectivity index (χ3v) is 5.00. The summed E-state index contributed by atoms with van der Waals surface area (Å²) in [7, 11) is 1.67. The van der Waals surface area contributed by atoms with Gasteiger partial charge in [0.05, 0.1) is 11.0 Å². The van der Waals surface area contributed by atoms with Crippen molar-refractivity contribution < 1.29 is 13.9 Å². The zero-order valence-electron chi connectivity index (χ0n) is 14.2. The summed E-state index contributed by atoms with van der Waals surface area (Å²) in [5.74, 6) is -0.210. The lowest BCUT2D eigenvalue weighted by molar-refractivity contribution is 0.213. The van der Waals surface area contributed by atoms with E-state index in [4.69, 9.17) is 22.9 Å². The molecule has 1 fully saturated rings. The summed E-state index contributed by atoms with van der Waals surface area (Å²) in [4.78, 5) is 16.3. The Morgan fingerprint density at radius 3 is 2.85 bits per heavy atom. The van der Waals surface area contributed by atoms with Crippen LogP contribution in [0.5, 0.6) is 11.5 Å². The molecule has 2 amide bonds. The molecule has 27 heavy (non-hydrogen) atoms. The van der Waals surface area contributed by atoms with Crippen LogP contribution in [0.25, 0.3) is 4.85 Å². The van der Waals surface area contributed by atoms with E-state index in [-0.39, 0.29) is 23.7 Å². The number of carbonyl (C=O) groups is 1. The predicted molar refractivity (Wildman–Crippen MR) is 103 cm³/mol. The highest BCUT2D eigenvalue weighted by molar-refractivity contribution is 9.10. The van der Waals surface area contributed by atoms with Gasteiger partial charge in [-0.2, -0.15) is 0 Å². The van der Waals surface area contributed by atoms with Crippen LogP contribution in [0.2, 0.25) is 5.02 Å². The van der Waals surface area contributed by atoms with Crippen LogP contribution >= 0.6 is 27.5 Å². The summed E-state index contributed by atoms with van der Waals surface area (Å²) in [5.41, 5.74) is 6.12. The van der Waals surface area contributed by atoms with Gasteiger partial charge in [-0.1, -0.05) is 17.7 Å². The van der Waals surface area contributed by atoms with Gasteiger partial charge in [-0.25, -0.2) is 19.5 Å². The van der Waals surface area contributed by atoms with E-state index in [0.29, 0.717) is 33.6 Å². The van der Waals surface area contributed by atoms with Crippen LogP contribution in [0.1, 0.15) is 12.0 Å². The summed E-state index contributed by atoms with van der Waals surface area (Å²) in [6.45, 7) is 7.09. The molecule has 9 heteroatoms. The first kappa shape index (κ1) is 19.4. The molecule has 1 heterocycles. The normalized spacial score (nSPS) is 16.2. The Morgan fingerprint density at radius 1 is 1.41 bits per heavy atom. The smallest absolute Gasteiger partial charge is 0.332 e. The van der Waals surface area contributed by atoms with E-state index in [0.717, 1.165) is 0 Å². The monoisotopic (exact) mass is 452 g/mol. The molecule has 0 saturated carbocycles. The van der Waals surface area contributed by atoms with Crippen molar-refractivity contribution in [1.82, 2.24) is 15.8 Å². The maximum Gasteiger partial charge on any atom is 0.332 e. The Labute approximate surface area is 169 Å². The molecule has 0 aliphatic carbocycles. The number of carbonyl (C=O) groups excluding carboxylic acids is 1. The molecule has 2 aromatic carbocycles. The Hall–Kier alpha value is -2.34. The number of aryl methyl sites for hydroxylation is 1. The maximum atomic E-state index is 15.0. The van der Waals surface area contributed by atoms with Crippen LogP contribution in [0, 0.1) is 12.4 Å². The van der Waals surface area contributed by atoms with Crippen molar-refractivity contribution in [3.63, 3.8) is 0 Å². The SMILES string of the molecule is [C-]#[N+]c1cc(Cl)cc(Oc2c(Br)ccc(CCC3NNC(=O)N3C)c2F)c1. The highest BCUT2D eigenvalue weighted by Crippen LogP contribution is 2.37. The van der Waals surface area contributed by atoms with Gasteiger partial charge < -0.3 is 9.64 Å². The summed E-state index contributed by atoms with van der Waals surface area (Å²) >= 11 is 9.27. The minimum atomic E-state index is -0.506. The van der Waals surface area contributed by atoms with Crippen molar-refractivity contribution in [3.05, 3.63) is 62.6 Å². The first-order valence-electron chi connectivity index (χ1n) is 8.00. The van der Waals surface area contributed by atoms with Crippen molar-refractivity contribution in [3.8, 4) is 11.5 Å². The van der Waals surface area contributed by atoms with E-state index < -0.39 is 5.82 Å². The zero-order chi connectivity index (χ0) is 19.6. The van der Waals surface area contributed by atoms with E-state index in [2.05, 4.69) is 31.6 Å². The zero-order valence-corrected chi connectivity index (χ0v) is 16.6. The molecule has 1 aliphatic rings. The van der Waals surface area contributed by atoms with Gasteiger partial charge in [0, 0.05) is 12.1 Å². The lowest BCUT2D eigenvalue weighted by Gasteiger charge is -2.18. The molecule has 0 radical (unpaired) electrons. The first-order chi connectivity index (χ1) is 12.9. The van der Waals surface area contributed by atoms with Crippen molar-refractivity contribution in [2.24, 2.45) is 0 Å². The van der Waals surface area contributed by atoms with Gasteiger partial charge in [0.2, 0.25) is 0 Å².